The van der Waals surface area contributed by atoms with Crippen LogP contribution in [0.25, 0.3) is 0 Å². The van der Waals surface area contributed by atoms with E-state index in [9.17, 15) is 4.79 Å². The van der Waals surface area contributed by atoms with E-state index in [1.807, 2.05) is 43.6 Å². The second kappa shape index (κ2) is 11.6. The summed E-state index contributed by atoms with van der Waals surface area (Å²) in [6, 6.07) is 7.83. The van der Waals surface area contributed by atoms with Crippen LogP contribution in [-0.2, 0) is 25.8 Å². The van der Waals surface area contributed by atoms with Gasteiger partial charge in [-0.3, -0.25) is 9.79 Å². The molecule has 30 heavy (non-hydrogen) atoms. The van der Waals surface area contributed by atoms with Gasteiger partial charge in [0.05, 0.1) is 12.2 Å². The first-order valence-corrected chi connectivity index (χ1v) is 11.0. The number of fused-ring (bicyclic) bond motifs is 1. The van der Waals surface area contributed by atoms with Gasteiger partial charge in [0.15, 0.2) is 5.96 Å². The van der Waals surface area contributed by atoms with E-state index in [-0.39, 0.29) is 29.9 Å². The lowest BCUT2D eigenvalue weighted by Crippen LogP contribution is -2.39. The molecule has 0 saturated carbocycles. The molecule has 1 heterocycles. The number of thiazole rings is 1. The third kappa shape index (κ3) is 6.41. The summed E-state index contributed by atoms with van der Waals surface area (Å²) in [5.41, 5.74) is 3.16. The smallest absolute Gasteiger partial charge is 0.253 e. The average Bonchev–Trinajstić information content (AvgIpc) is 3.12. The highest BCUT2D eigenvalue weighted by molar-refractivity contribution is 14.0. The van der Waals surface area contributed by atoms with Crippen LogP contribution in [0.5, 0.6) is 0 Å². The number of carbonyl (C=O) groups excluding carboxylic acids is 1. The number of carbonyl (C=O) groups is 1. The number of hydrogen-bond donors (Lipinski definition) is 1. The van der Waals surface area contributed by atoms with Crippen molar-refractivity contribution in [2.45, 2.75) is 38.6 Å². The van der Waals surface area contributed by atoms with Gasteiger partial charge < -0.3 is 15.1 Å². The molecule has 1 aromatic carbocycles. The monoisotopic (exact) mass is 541 g/mol. The zero-order valence-electron chi connectivity index (χ0n) is 18.3. The summed E-state index contributed by atoms with van der Waals surface area (Å²) in [6.07, 6.45) is 5.68. The van der Waals surface area contributed by atoms with Crippen LogP contribution in [0, 0.1) is 0 Å². The third-order valence-corrected chi connectivity index (χ3v) is 6.25. The highest BCUT2D eigenvalue weighted by atomic mass is 127. The molecule has 1 aliphatic carbocycles. The molecule has 0 aliphatic heterocycles. The number of halogens is 1. The van der Waals surface area contributed by atoms with Crippen LogP contribution in [0.3, 0.4) is 0 Å². The molecule has 1 amide bonds. The minimum Gasteiger partial charge on any atom is -0.356 e. The summed E-state index contributed by atoms with van der Waals surface area (Å²) in [4.78, 5) is 26.6. The number of aromatic nitrogens is 1. The van der Waals surface area contributed by atoms with Gasteiger partial charge in [0.1, 0.15) is 5.01 Å². The Bertz CT molecular complexity index is 857. The number of rotatable bonds is 6. The van der Waals surface area contributed by atoms with Crippen molar-refractivity contribution >= 4 is 47.2 Å². The molecular formula is C22H32IN5OS. The first-order valence-electron chi connectivity index (χ1n) is 10.2. The fourth-order valence-corrected chi connectivity index (χ4v) is 4.78. The van der Waals surface area contributed by atoms with Crippen molar-refractivity contribution in [3.05, 3.63) is 51.0 Å². The molecule has 0 unspecified atom stereocenters. The molecule has 2 aromatic rings. The van der Waals surface area contributed by atoms with E-state index in [1.54, 1.807) is 19.0 Å². The third-order valence-electron chi connectivity index (χ3n) is 5.11. The fraction of sp³-hybridized carbons (Fsp3) is 0.500. The van der Waals surface area contributed by atoms with E-state index >= 15 is 0 Å². The summed E-state index contributed by atoms with van der Waals surface area (Å²) in [6.45, 7) is 1.52. The Kier molecular flexibility index (Phi) is 9.54. The fourth-order valence-electron chi connectivity index (χ4n) is 3.57. The van der Waals surface area contributed by atoms with Crippen molar-refractivity contribution in [3.63, 3.8) is 0 Å². The van der Waals surface area contributed by atoms with Crippen molar-refractivity contribution in [2.75, 3.05) is 34.7 Å². The van der Waals surface area contributed by atoms with Crippen molar-refractivity contribution in [3.8, 4) is 0 Å². The lowest BCUT2D eigenvalue weighted by Gasteiger charge is -2.21. The van der Waals surface area contributed by atoms with Crippen LogP contribution in [0.15, 0.2) is 29.3 Å². The summed E-state index contributed by atoms with van der Waals surface area (Å²) < 4.78 is 0. The summed E-state index contributed by atoms with van der Waals surface area (Å²) in [5.74, 6) is 0.889. The topological polar surface area (TPSA) is 60.8 Å². The maximum absolute atomic E-state index is 12.1. The van der Waals surface area contributed by atoms with Crippen LogP contribution in [0.1, 0.15) is 44.3 Å². The Labute approximate surface area is 200 Å². The second-order valence-corrected chi connectivity index (χ2v) is 8.83. The zero-order valence-corrected chi connectivity index (χ0v) is 21.4. The molecule has 6 nitrogen and oxygen atoms in total. The minimum atomic E-state index is 0. The first kappa shape index (κ1) is 24.6. The lowest BCUT2D eigenvalue weighted by molar-refractivity contribution is 0.0827. The van der Waals surface area contributed by atoms with E-state index in [0.29, 0.717) is 0 Å². The molecule has 1 aliphatic rings. The van der Waals surface area contributed by atoms with Gasteiger partial charge in [0.25, 0.3) is 5.91 Å². The van der Waals surface area contributed by atoms with E-state index in [1.165, 1.54) is 29.8 Å². The predicted octanol–water partition coefficient (Wildman–Crippen LogP) is 3.59. The number of benzene rings is 1. The van der Waals surface area contributed by atoms with Gasteiger partial charge in [-0.2, -0.15) is 0 Å². The highest BCUT2D eigenvalue weighted by Gasteiger charge is 2.17. The van der Waals surface area contributed by atoms with E-state index in [2.05, 4.69) is 21.3 Å². The number of nitrogens with one attached hydrogen (secondary N) is 1. The molecule has 0 spiro atoms. The Hall–Kier alpha value is -1.68. The number of hydrogen-bond acceptors (Lipinski definition) is 4. The number of nitrogens with zero attached hydrogens (tertiary/aromatic N) is 4. The Morgan fingerprint density at radius 1 is 1.23 bits per heavy atom. The molecule has 0 atom stereocenters. The van der Waals surface area contributed by atoms with Gasteiger partial charge in [0, 0.05) is 45.2 Å². The van der Waals surface area contributed by atoms with Gasteiger partial charge in [0.2, 0.25) is 0 Å². The molecule has 1 aromatic heterocycles. The molecule has 1 N–H and O–H groups in total. The van der Waals surface area contributed by atoms with Crippen molar-refractivity contribution in [2.24, 2.45) is 4.99 Å². The molecule has 0 radical (unpaired) electrons. The number of amides is 1. The highest BCUT2D eigenvalue weighted by Crippen LogP contribution is 2.27. The normalized spacial score (nSPS) is 13.3. The minimum absolute atomic E-state index is 0. The largest absolute Gasteiger partial charge is 0.356 e. The van der Waals surface area contributed by atoms with Crippen LogP contribution in [-0.4, -0.2) is 61.4 Å². The Balaban J connectivity index is 0.00000320. The molecular weight excluding hydrogens is 509 g/mol. The zero-order chi connectivity index (χ0) is 20.8. The SMILES string of the molecule is CN=C(NCCc1cccc(C(=O)N(C)C)c1)N(C)Cc1nc2c(s1)CCCC2.I. The first-order chi connectivity index (χ1) is 14.0. The lowest BCUT2D eigenvalue weighted by atomic mass is 10.0. The summed E-state index contributed by atoms with van der Waals surface area (Å²) >= 11 is 1.85. The quantitative estimate of drug-likeness (QED) is 0.345. The van der Waals surface area contributed by atoms with Crippen molar-refractivity contribution < 1.29 is 4.79 Å². The molecule has 0 bridgehead atoms. The van der Waals surface area contributed by atoms with Crippen LogP contribution < -0.4 is 5.32 Å². The number of aryl methyl sites for hydroxylation is 2. The molecule has 0 saturated heterocycles. The predicted molar refractivity (Wildman–Crippen MR) is 135 cm³/mol. The maximum Gasteiger partial charge on any atom is 0.253 e. The molecule has 3 rings (SSSR count). The maximum atomic E-state index is 12.1. The van der Waals surface area contributed by atoms with Gasteiger partial charge in [-0.05, 0) is 49.8 Å². The molecule has 0 fully saturated rings. The molecule has 164 valence electrons. The standard InChI is InChI=1S/C22H31N5OS.HI/c1-23-22(27(4)15-20-25-18-10-5-6-11-19(18)29-20)24-13-12-16-8-7-9-17(14-16)21(28)26(2)3;/h7-9,14H,5-6,10-13,15H2,1-4H3,(H,23,24);1H. The van der Waals surface area contributed by atoms with Crippen LogP contribution in [0.2, 0.25) is 0 Å². The Morgan fingerprint density at radius 2 is 2.00 bits per heavy atom. The second-order valence-electron chi connectivity index (χ2n) is 7.66. The van der Waals surface area contributed by atoms with Gasteiger partial charge in [-0.15, -0.1) is 35.3 Å². The van der Waals surface area contributed by atoms with E-state index in [4.69, 9.17) is 4.98 Å². The number of aliphatic imine (C=N–C) groups is 1. The summed E-state index contributed by atoms with van der Waals surface area (Å²) in [5, 5.41) is 4.59. The van der Waals surface area contributed by atoms with Crippen molar-refractivity contribution in [1.29, 1.82) is 0 Å². The Morgan fingerprint density at radius 3 is 2.70 bits per heavy atom. The van der Waals surface area contributed by atoms with E-state index < -0.39 is 0 Å². The van der Waals surface area contributed by atoms with E-state index in [0.717, 1.165) is 48.0 Å². The number of guanidine groups is 1. The van der Waals surface area contributed by atoms with Gasteiger partial charge in [-0.1, -0.05) is 12.1 Å². The van der Waals surface area contributed by atoms with Gasteiger partial charge in [-0.25, -0.2) is 4.98 Å². The average molecular weight is 542 g/mol. The van der Waals surface area contributed by atoms with Gasteiger partial charge >= 0.3 is 0 Å². The van der Waals surface area contributed by atoms with Crippen LogP contribution in [0.4, 0.5) is 0 Å². The molecule has 8 heteroatoms. The van der Waals surface area contributed by atoms with Crippen LogP contribution >= 0.6 is 35.3 Å². The van der Waals surface area contributed by atoms with Crippen molar-refractivity contribution in [1.82, 2.24) is 20.1 Å². The summed E-state index contributed by atoms with van der Waals surface area (Å²) in [7, 11) is 7.40.